The minimum Gasteiger partial charge on any atom is -0.471 e. The minimum absolute atomic E-state index is 0.0380. The SMILES string of the molecule is CN(C)c1ccc(OC2CCN(C(=O)c3cncc(Br)c3)C2)nn1. The van der Waals surface area contributed by atoms with Gasteiger partial charge in [-0.2, -0.15) is 0 Å². The summed E-state index contributed by atoms with van der Waals surface area (Å²) in [7, 11) is 3.81. The second-order valence-electron chi connectivity index (χ2n) is 5.80. The monoisotopic (exact) mass is 391 g/mol. The van der Waals surface area contributed by atoms with Crippen molar-refractivity contribution >= 4 is 27.7 Å². The van der Waals surface area contributed by atoms with Gasteiger partial charge in [0, 0.05) is 50.0 Å². The molecule has 8 heteroatoms. The lowest BCUT2D eigenvalue weighted by molar-refractivity contribution is 0.0770. The molecule has 0 N–H and O–H groups in total. The highest BCUT2D eigenvalue weighted by Gasteiger charge is 2.28. The van der Waals surface area contributed by atoms with Crippen LogP contribution in [0.2, 0.25) is 0 Å². The van der Waals surface area contributed by atoms with Gasteiger partial charge in [0.25, 0.3) is 5.91 Å². The van der Waals surface area contributed by atoms with Crippen molar-refractivity contribution in [2.24, 2.45) is 0 Å². The van der Waals surface area contributed by atoms with Crippen LogP contribution < -0.4 is 9.64 Å². The average molecular weight is 392 g/mol. The summed E-state index contributed by atoms with van der Waals surface area (Å²) in [6.07, 6.45) is 3.92. The lowest BCUT2D eigenvalue weighted by Gasteiger charge is -2.17. The Morgan fingerprint density at radius 1 is 1.33 bits per heavy atom. The number of carbonyl (C=O) groups excluding carboxylic acids is 1. The highest BCUT2D eigenvalue weighted by Crippen LogP contribution is 2.20. The molecule has 1 saturated heterocycles. The second kappa shape index (κ2) is 7.12. The van der Waals surface area contributed by atoms with Gasteiger partial charge in [0.15, 0.2) is 5.82 Å². The Morgan fingerprint density at radius 2 is 2.17 bits per heavy atom. The first-order valence-corrected chi connectivity index (χ1v) is 8.40. The van der Waals surface area contributed by atoms with Gasteiger partial charge in [0.2, 0.25) is 5.88 Å². The molecule has 3 rings (SSSR count). The Bertz CT molecular complexity index is 723. The predicted molar refractivity (Wildman–Crippen MR) is 93.2 cm³/mol. The van der Waals surface area contributed by atoms with E-state index in [0.717, 1.165) is 16.7 Å². The van der Waals surface area contributed by atoms with Crippen LogP contribution in [-0.2, 0) is 0 Å². The number of hydrogen-bond acceptors (Lipinski definition) is 6. The second-order valence-corrected chi connectivity index (χ2v) is 6.71. The Hall–Kier alpha value is -2.22. The summed E-state index contributed by atoms with van der Waals surface area (Å²) in [6.45, 7) is 1.18. The molecule has 1 atom stereocenters. The summed E-state index contributed by atoms with van der Waals surface area (Å²) in [4.78, 5) is 20.2. The zero-order chi connectivity index (χ0) is 17.1. The summed E-state index contributed by atoms with van der Waals surface area (Å²) >= 11 is 3.33. The van der Waals surface area contributed by atoms with E-state index in [9.17, 15) is 4.79 Å². The zero-order valence-electron chi connectivity index (χ0n) is 13.5. The summed E-state index contributed by atoms with van der Waals surface area (Å²) in [5, 5.41) is 8.16. The van der Waals surface area contributed by atoms with Gasteiger partial charge in [-0.3, -0.25) is 9.78 Å². The quantitative estimate of drug-likeness (QED) is 0.793. The van der Waals surface area contributed by atoms with Gasteiger partial charge < -0.3 is 14.5 Å². The highest BCUT2D eigenvalue weighted by atomic mass is 79.9. The molecule has 0 bridgehead atoms. The molecule has 1 aliphatic rings. The average Bonchev–Trinajstić information content (AvgIpc) is 3.03. The summed E-state index contributed by atoms with van der Waals surface area (Å²) < 4.78 is 6.63. The van der Waals surface area contributed by atoms with E-state index in [-0.39, 0.29) is 12.0 Å². The smallest absolute Gasteiger partial charge is 0.255 e. The topological polar surface area (TPSA) is 71.5 Å². The molecule has 1 fully saturated rings. The molecule has 7 nitrogen and oxygen atoms in total. The number of anilines is 1. The van der Waals surface area contributed by atoms with Crippen molar-refractivity contribution in [3.8, 4) is 5.88 Å². The first-order chi connectivity index (χ1) is 11.5. The van der Waals surface area contributed by atoms with Crippen molar-refractivity contribution < 1.29 is 9.53 Å². The van der Waals surface area contributed by atoms with Gasteiger partial charge in [0.05, 0.1) is 12.1 Å². The molecule has 24 heavy (non-hydrogen) atoms. The van der Waals surface area contributed by atoms with Crippen LogP contribution in [0, 0.1) is 0 Å². The molecule has 0 spiro atoms. The third-order valence-electron chi connectivity index (χ3n) is 3.76. The van der Waals surface area contributed by atoms with E-state index in [1.807, 2.05) is 25.1 Å². The third-order valence-corrected chi connectivity index (χ3v) is 4.19. The van der Waals surface area contributed by atoms with E-state index >= 15 is 0 Å². The third kappa shape index (κ3) is 3.81. The molecule has 0 radical (unpaired) electrons. The largest absolute Gasteiger partial charge is 0.471 e. The lowest BCUT2D eigenvalue weighted by atomic mass is 10.2. The molecule has 126 valence electrons. The van der Waals surface area contributed by atoms with Gasteiger partial charge in [-0.1, -0.05) is 0 Å². The van der Waals surface area contributed by atoms with Crippen molar-refractivity contribution in [3.63, 3.8) is 0 Å². The van der Waals surface area contributed by atoms with Gasteiger partial charge in [-0.15, -0.1) is 10.2 Å². The fraction of sp³-hybridized carbons (Fsp3) is 0.375. The van der Waals surface area contributed by atoms with E-state index in [1.54, 1.807) is 29.4 Å². The van der Waals surface area contributed by atoms with Gasteiger partial charge in [0.1, 0.15) is 6.10 Å². The van der Waals surface area contributed by atoms with Crippen molar-refractivity contribution in [1.82, 2.24) is 20.1 Å². The summed E-state index contributed by atoms with van der Waals surface area (Å²) in [5.74, 6) is 1.21. The Kier molecular flexibility index (Phi) is 4.94. The molecule has 3 heterocycles. The van der Waals surface area contributed by atoms with Crippen LogP contribution in [0.15, 0.2) is 35.1 Å². The number of rotatable bonds is 4. The summed E-state index contributed by atoms with van der Waals surface area (Å²) in [5.41, 5.74) is 0.570. The van der Waals surface area contributed by atoms with Crippen LogP contribution in [0.25, 0.3) is 0 Å². The maximum Gasteiger partial charge on any atom is 0.255 e. The standard InChI is InChI=1S/C16H18BrN5O2/c1-21(2)14-3-4-15(20-19-14)24-13-5-6-22(10-13)16(23)11-7-12(17)9-18-8-11/h3-4,7-9,13H,5-6,10H2,1-2H3. The molecule has 1 amide bonds. The molecule has 1 unspecified atom stereocenters. The molecule has 2 aromatic heterocycles. The van der Waals surface area contributed by atoms with Crippen LogP contribution in [0.3, 0.4) is 0 Å². The van der Waals surface area contributed by atoms with Gasteiger partial charge in [-0.05, 0) is 28.1 Å². The van der Waals surface area contributed by atoms with E-state index in [2.05, 4.69) is 31.1 Å². The zero-order valence-corrected chi connectivity index (χ0v) is 15.1. The molecule has 0 aromatic carbocycles. The predicted octanol–water partition coefficient (Wildman–Crippen LogP) is 1.99. The van der Waals surface area contributed by atoms with Crippen molar-refractivity contribution in [2.45, 2.75) is 12.5 Å². The van der Waals surface area contributed by atoms with Crippen LogP contribution in [0.1, 0.15) is 16.8 Å². The number of carbonyl (C=O) groups is 1. The van der Waals surface area contributed by atoms with Crippen LogP contribution in [-0.4, -0.2) is 59.3 Å². The number of hydrogen-bond donors (Lipinski definition) is 0. The number of likely N-dealkylation sites (tertiary alicyclic amines) is 1. The molecule has 2 aromatic rings. The Labute approximate surface area is 148 Å². The normalized spacial score (nSPS) is 17.0. The minimum atomic E-state index is -0.0754. The first-order valence-electron chi connectivity index (χ1n) is 7.60. The molecular formula is C16H18BrN5O2. The van der Waals surface area contributed by atoms with E-state index in [4.69, 9.17) is 4.74 Å². The molecule has 0 saturated carbocycles. The first kappa shape index (κ1) is 16.6. The Morgan fingerprint density at radius 3 is 2.83 bits per heavy atom. The van der Waals surface area contributed by atoms with Crippen molar-refractivity contribution in [2.75, 3.05) is 32.1 Å². The Balaban J connectivity index is 1.60. The number of amides is 1. The van der Waals surface area contributed by atoms with Crippen LogP contribution in [0.4, 0.5) is 5.82 Å². The maximum absolute atomic E-state index is 12.5. The fourth-order valence-corrected chi connectivity index (χ4v) is 2.87. The van der Waals surface area contributed by atoms with Crippen molar-refractivity contribution in [3.05, 3.63) is 40.6 Å². The van der Waals surface area contributed by atoms with Crippen LogP contribution >= 0.6 is 15.9 Å². The number of pyridine rings is 1. The van der Waals surface area contributed by atoms with E-state index < -0.39 is 0 Å². The van der Waals surface area contributed by atoms with Crippen molar-refractivity contribution in [1.29, 1.82) is 0 Å². The maximum atomic E-state index is 12.5. The number of halogens is 1. The molecule has 1 aliphatic heterocycles. The molecule has 0 aliphatic carbocycles. The lowest BCUT2D eigenvalue weighted by Crippen LogP contribution is -2.31. The number of ether oxygens (including phenoxy) is 1. The van der Waals surface area contributed by atoms with E-state index in [0.29, 0.717) is 24.5 Å². The highest BCUT2D eigenvalue weighted by molar-refractivity contribution is 9.10. The van der Waals surface area contributed by atoms with Gasteiger partial charge >= 0.3 is 0 Å². The van der Waals surface area contributed by atoms with E-state index in [1.165, 1.54) is 0 Å². The summed E-state index contributed by atoms with van der Waals surface area (Å²) in [6, 6.07) is 5.42. The molecular weight excluding hydrogens is 374 g/mol. The number of aromatic nitrogens is 3. The number of nitrogens with zero attached hydrogens (tertiary/aromatic N) is 5. The van der Waals surface area contributed by atoms with Gasteiger partial charge in [-0.25, -0.2) is 0 Å². The fourth-order valence-electron chi connectivity index (χ4n) is 2.51. The van der Waals surface area contributed by atoms with Crippen LogP contribution in [0.5, 0.6) is 5.88 Å².